The Kier molecular flexibility index (Phi) is 3.73. The zero-order chi connectivity index (χ0) is 14.9. The Morgan fingerprint density at radius 2 is 1.86 bits per heavy atom. The Morgan fingerprint density at radius 1 is 1.14 bits per heavy atom. The van der Waals surface area contributed by atoms with Gasteiger partial charge in [0.15, 0.2) is 0 Å². The van der Waals surface area contributed by atoms with Crippen molar-refractivity contribution in [3.63, 3.8) is 0 Å². The highest BCUT2D eigenvalue weighted by molar-refractivity contribution is 6.30. The second-order valence-corrected chi connectivity index (χ2v) is 6.20. The van der Waals surface area contributed by atoms with E-state index in [0.29, 0.717) is 5.02 Å². The van der Waals surface area contributed by atoms with Crippen LogP contribution in [0.3, 0.4) is 0 Å². The second kappa shape index (κ2) is 5.53. The number of hydrogen-bond donors (Lipinski definition) is 1. The quantitative estimate of drug-likeness (QED) is 0.874. The van der Waals surface area contributed by atoms with Gasteiger partial charge in [-0.15, -0.1) is 0 Å². The Hall–Kier alpha value is -1.80. The van der Waals surface area contributed by atoms with Crippen molar-refractivity contribution in [2.45, 2.75) is 31.6 Å². The fourth-order valence-corrected chi connectivity index (χ4v) is 3.05. The van der Waals surface area contributed by atoms with Crippen molar-refractivity contribution < 1.29 is 4.79 Å². The molecule has 1 saturated carbocycles. The minimum absolute atomic E-state index is 0.0849. The highest BCUT2D eigenvalue weighted by Gasteiger charge is 2.45. The predicted octanol–water partition coefficient (Wildman–Crippen LogP) is 4.71. The lowest BCUT2D eigenvalue weighted by atomic mass is 9.64. The molecule has 0 radical (unpaired) electrons. The largest absolute Gasteiger partial charge is 0.325 e. The van der Waals surface area contributed by atoms with Gasteiger partial charge < -0.3 is 5.32 Å². The average molecular weight is 300 g/mol. The average Bonchev–Trinajstić information content (AvgIpc) is 2.39. The molecule has 2 nitrogen and oxygen atoms in total. The highest BCUT2D eigenvalue weighted by atomic mass is 35.5. The summed E-state index contributed by atoms with van der Waals surface area (Å²) in [6.07, 6.45) is 2.88. The van der Waals surface area contributed by atoms with Crippen LogP contribution in [0.15, 0.2) is 48.5 Å². The summed E-state index contributed by atoms with van der Waals surface area (Å²) in [4.78, 5) is 12.8. The van der Waals surface area contributed by atoms with E-state index < -0.39 is 5.41 Å². The molecule has 1 aliphatic carbocycles. The number of halogens is 1. The summed E-state index contributed by atoms with van der Waals surface area (Å²) < 4.78 is 0. The van der Waals surface area contributed by atoms with Crippen molar-refractivity contribution >= 4 is 23.2 Å². The van der Waals surface area contributed by atoms with Gasteiger partial charge in [-0.2, -0.15) is 0 Å². The van der Waals surface area contributed by atoms with E-state index in [9.17, 15) is 4.79 Å². The Labute approximate surface area is 130 Å². The molecule has 3 rings (SSSR count). The van der Waals surface area contributed by atoms with Crippen LogP contribution in [0, 0.1) is 6.92 Å². The molecule has 1 amide bonds. The van der Waals surface area contributed by atoms with Gasteiger partial charge in [0.2, 0.25) is 5.91 Å². The molecule has 0 heterocycles. The molecule has 2 aromatic carbocycles. The molecule has 0 saturated heterocycles. The van der Waals surface area contributed by atoms with Gasteiger partial charge >= 0.3 is 0 Å². The minimum atomic E-state index is -0.395. The monoisotopic (exact) mass is 299 g/mol. The van der Waals surface area contributed by atoms with Crippen LogP contribution >= 0.6 is 11.6 Å². The number of amides is 1. The third kappa shape index (κ3) is 2.68. The summed E-state index contributed by atoms with van der Waals surface area (Å²) in [5.41, 5.74) is 2.67. The first kappa shape index (κ1) is 14.2. The number of nitrogens with one attached hydrogen (secondary N) is 1. The van der Waals surface area contributed by atoms with E-state index in [-0.39, 0.29) is 5.91 Å². The van der Waals surface area contributed by atoms with E-state index in [4.69, 9.17) is 11.6 Å². The highest BCUT2D eigenvalue weighted by Crippen LogP contribution is 2.44. The predicted molar refractivity (Wildman–Crippen MR) is 86.8 cm³/mol. The topological polar surface area (TPSA) is 29.1 Å². The molecule has 2 aromatic rings. The molecule has 0 atom stereocenters. The van der Waals surface area contributed by atoms with Gasteiger partial charge in [-0.1, -0.05) is 42.3 Å². The fraction of sp³-hybridized carbons (Fsp3) is 0.278. The van der Waals surface area contributed by atoms with Crippen LogP contribution in [0.4, 0.5) is 5.69 Å². The van der Waals surface area contributed by atoms with E-state index >= 15 is 0 Å². The smallest absolute Gasteiger partial charge is 0.235 e. The van der Waals surface area contributed by atoms with Gasteiger partial charge in [0.05, 0.1) is 5.41 Å². The van der Waals surface area contributed by atoms with Crippen molar-refractivity contribution in [1.82, 2.24) is 0 Å². The number of hydrogen-bond acceptors (Lipinski definition) is 1. The normalized spacial score (nSPS) is 16.1. The molecule has 1 N–H and O–H groups in total. The number of aryl methyl sites for hydroxylation is 1. The van der Waals surface area contributed by atoms with Crippen LogP contribution in [0.1, 0.15) is 30.4 Å². The van der Waals surface area contributed by atoms with Gasteiger partial charge in [0.1, 0.15) is 0 Å². The second-order valence-electron chi connectivity index (χ2n) is 5.77. The first-order valence-electron chi connectivity index (χ1n) is 7.24. The summed E-state index contributed by atoms with van der Waals surface area (Å²) in [7, 11) is 0. The van der Waals surface area contributed by atoms with E-state index in [0.717, 1.165) is 36.1 Å². The molecule has 0 spiro atoms. The lowest BCUT2D eigenvalue weighted by Crippen LogP contribution is -2.46. The number of benzene rings is 2. The van der Waals surface area contributed by atoms with E-state index in [1.165, 1.54) is 0 Å². The molecular weight excluding hydrogens is 282 g/mol. The van der Waals surface area contributed by atoms with Gasteiger partial charge in [0, 0.05) is 10.7 Å². The van der Waals surface area contributed by atoms with Crippen molar-refractivity contribution in [3.05, 3.63) is 64.7 Å². The SMILES string of the molecule is Cc1cccc(NC(=O)C2(c3ccc(Cl)cc3)CCC2)c1. The van der Waals surface area contributed by atoms with Crippen molar-refractivity contribution in [2.75, 3.05) is 5.32 Å². The maximum atomic E-state index is 12.8. The number of carbonyl (C=O) groups excluding carboxylic acids is 1. The maximum Gasteiger partial charge on any atom is 0.235 e. The summed E-state index contributed by atoms with van der Waals surface area (Å²) in [5.74, 6) is 0.0849. The molecule has 21 heavy (non-hydrogen) atoms. The van der Waals surface area contributed by atoms with Gasteiger partial charge in [0.25, 0.3) is 0 Å². The number of carbonyl (C=O) groups is 1. The van der Waals surface area contributed by atoms with Crippen molar-refractivity contribution in [2.24, 2.45) is 0 Å². The van der Waals surface area contributed by atoms with Crippen LogP contribution in [0.25, 0.3) is 0 Å². The first-order valence-corrected chi connectivity index (χ1v) is 7.62. The summed E-state index contributed by atoms with van der Waals surface area (Å²) in [6.45, 7) is 2.02. The Bertz CT molecular complexity index is 659. The standard InChI is InChI=1S/C18H18ClNO/c1-13-4-2-5-16(12-13)20-17(21)18(10-3-11-18)14-6-8-15(19)9-7-14/h2,4-9,12H,3,10-11H2,1H3,(H,20,21). The van der Waals surface area contributed by atoms with Crippen LogP contribution in [0.5, 0.6) is 0 Å². The van der Waals surface area contributed by atoms with Crippen molar-refractivity contribution in [1.29, 1.82) is 0 Å². The Balaban J connectivity index is 1.85. The Morgan fingerprint density at radius 3 is 2.43 bits per heavy atom. The van der Waals surface area contributed by atoms with Crippen LogP contribution in [-0.2, 0) is 10.2 Å². The third-order valence-corrected chi connectivity index (χ3v) is 4.57. The van der Waals surface area contributed by atoms with Gasteiger partial charge in [-0.05, 0) is 55.2 Å². The molecule has 1 aliphatic rings. The molecule has 0 aromatic heterocycles. The fourth-order valence-electron chi connectivity index (χ4n) is 2.92. The van der Waals surface area contributed by atoms with Crippen LogP contribution in [0.2, 0.25) is 5.02 Å². The van der Waals surface area contributed by atoms with Crippen LogP contribution < -0.4 is 5.32 Å². The molecule has 0 unspecified atom stereocenters. The maximum absolute atomic E-state index is 12.8. The summed E-state index contributed by atoms with van der Waals surface area (Å²) in [5, 5.41) is 3.77. The molecule has 1 fully saturated rings. The lowest BCUT2D eigenvalue weighted by Gasteiger charge is -2.40. The van der Waals surface area contributed by atoms with E-state index in [1.54, 1.807) is 0 Å². The zero-order valence-electron chi connectivity index (χ0n) is 12.0. The molecule has 0 aliphatic heterocycles. The van der Waals surface area contributed by atoms with E-state index in [1.807, 2.05) is 55.5 Å². The minimum Gasteiger partial charge on any atom is -0.325 e. The van der Waals surface area contributed by atoms with E-state index in [2.05, 4.69) is 5.32 Å². The summed E-state index contributed by atoms with van der Waals surface area (Å²) >= 11 is 5.95. The molecular formula is C18H18ClNO. The van der Waals surface area contributed by atoms with Crippen molar-refractivity contribution in [3.8, 4) is 0 Å². The third-order valence-electron chi connectivity index (χ3n) is 4.31. The van der Waals surface area contributed by atoms with Gasteiger partial charge in [-0.25, -0.2) is 0 Å². The lowest BCUT2D eigenvalue weighted by molar-refractivity contribution is -0.124. The van der Waals surface area contributed by atoms with Gasteiger partial charge in [-0.3, -0.25) is 4.79 Å². The molecule has 0 bridgehead atoms. The van der Waals surface area contributed by atoms with Crippen LogP contribution in [-0.4, -0.2) is 5.91 Å². The molecule has 3 heteroatoms. The number of anilines is 1. The molecule has 108 valence electrons. The number of rotatable bonds is 3. The first-order chi connectivity index (χ1) is 10.1. The summed E-state index contributed by atoms with van der Waals surface area (Å²) in [6, 6.07) is 15.6. The zero-order valence-corrected chi connectivity index (χ0v) is 12.8.